The van der Waals surface area contributed by atoms with E-state index in [2.05, 4.69) is 11.9 Å². The summed E-state index contributed by atoms with van der Waals surface area (Å²) < 4.78 is 23.9. The van der Waals surface area contributed by atoms with Crippen LogP contribution in [0.3, 0.4) is 0 Å². The standard InChI is InChI=1S/C23H32FNO2/c1-3-4-5-6-7-8-9-16-26-21-12-10-20(11-13-21)23-15-14-22(17-25-23)27-18-19(2)24/h10-15,17,19H,3-9,16,18H2,1-2H3. The van der Waals surface area contributed by atoms with E-state index in [4.69, 9.17) is 9.47 Å². The average Bonchev–Trinajstić information content (AvgIpc) is 2.69. The molecule has 0 aliphatic rings. The van der Waals surface area contributed by atoms with E-state index < -0.39 is 6.17 Å². The molecule has 0 N–H and O–H groups in total. The van der Waals surface area contributed by atoms with Crippen LogP contribution in [0.25, 0.3) is 11.3 Å². The van der Waals surface area contributed by atoms with Gasteiger partial charge >= 0.3 is 0 Å². The van der Waals surface area contributed by atoms with Crippen molar-refractivity contribution in [1.29, 1.82) is 0 Å². The maximum absolute atomic E-state index is 12.8. The predicted molar refractivity (Wildman–Crippen MR) is 109 cm³/mol. The quantitative estimate of drug-likeness (QED) is 0.370. The fourth-order valence-corrected chi connectivity index (χ4v) is 2.82. The van der Waals surface area contributed by atoms with Crippen molar-refractivity contribution in [1.82, 2.24) is 4.98 Å². The average molecular weight is 374 g/mol. The molecule has 1 aromatic carbocycles. The van der Waals surface area contributed by atoms with E-state index in [1.165, 1.54) is 45.4 Å². The first-order valence-electron chi connectivity index (χ1n) is 10.1. The van der Waals surface area contributed by atoms with Gasteiger partial charge in [0.15, 0.2) is 0 Å². The lowest BCUT2D eigenvalue weighted by atomic mass is 10.1. The van der Waals surface area contributed by atoms with Crippen LogP contribution in [-0.4, -0.2) is 24.4 Å². The van der Waals surface area contributed by atoms with Crippen molar-refractivity contribution in [2.24, 2.45) is 0 Å². The van der Waals surface area contributed by atoms with Crippen LogP contribution >= 0.6 is 0 Å². The zero-order chi connectivity index (χ0) is 19.3. The topological polar surface area (TPSA) is 31.4 Å². The minimum atomic E-state index is -0.988. The van der Waals surface area contributed by atoms with Gasteiger partial charge in [0.05, 0.1) is 18.5 Å². The van der Waals surface area contributed by atoms with Gasteiger partial charge in [-0.15, -0.1) is 0 Å². The second-order valence-electron chi connectivity index (χ2n) is 6.97. The molecular formula is C23H32FNO2. The van der Waals surface area contributed by atoms with Gasteiger partial charge in [0.2, 0.25) is 0 Å². The Bertz CT molecular complexity index is 626. The molecule has 148 valence electrons. The number of halogens is 1. The maximum Gasteiger partial charge on any atom is 0.137 e. The molecule has 0 bridgehead atoms. The molecule has 2 rings (SSSR count). The van der Waals surface area contributed by atoms with E-state index >= 15 is 0 Å². The highest BCUT2D eigenvalue weighted by Crippen LogP contribution is 2.22. The van der Waals surface area contributed by atoms with Crippen LogP contribution in [0, 0.1) is 0 Å². The third kappa shape index (κ3) is 8.42. The van der Waals surface area contributed by atoms with Crippen LogP contribution < -0.4 is 9.47 Å². The molecule has 3 nitrogen and oxygen atoms in total. The second kappa shape index (κ2) is 12.3. The summed E-state index contributed by atoms with van der Waals surface area (Å²) in [4.78, 5) is 4.39. The summed E-state index contributed by atoms with van der Waals surface area (Å²) in [5.41, 5.74) is 1.87. The van der Waals surface area contributed by atoms with Gasteiger partial charge in [-0.25, -0.2) is 4.39 Å². The lowest BCUT2D eigenvalue weighted by Crippen LogP contribution is -2.08. The molecule has 0 spiro atoms. The number of hydrogen-bond donors (Lipinski definition) is 0. The molecule has 1 atom stereocenters. The van der Waals surface area contributed by atoms with Crippen molar-refractivity contribution in [2.45, 2.75) is 65.0 Å². The fraction of sp³-hybridized carbons (Fsp3) is 0.522. The summed E-state index contributed by atoms with van der Waals surface area (Å²) in [5.74, 6) is 1.47. The van der Waals surface area contributed by atoms with E-state index in [1.54, 1.807) is 6.20 Å². The first-order valence-corrected chi connectivity index (χ1v) is 10.1. The first kappa shape index (κ1) is 21.2. The highest BCUT2D eigenvalue weighted by Gasteiger charge is 2.03. The highest BCUT2D eigenvalue weighted by atomic mass is 19.1. The zero-order valence-corrected chi connectivity index (χ0v) is 16.6. The minimum Gasteiger partial charge on any atom is -0.494 e. The first-order chi connectivity index (χ1) is 13.2. The molecule has 0 aliphatic heterocycles. The van der Waals surface area contributed by atoms with Gasteiger partial charge in [0, 0.05) is 5.56 Å². The molecule has 4 heteroatoms. The predicted octanol–water partition coefficient (Wildman–Crippen LogP) is 6.61. The molecule has 0 saturated heterocycles. The van der Waals surface area contributed by atoms with E-state index in [9.17, 15) is 4.39 Å². The molecule has 1 aromatic heterocycles. The number of pyridine rings is 1. The Morgan fingerprint density at radius 3 is 2.15 bits per heavy atom. The molecule has 1 unspecified atom stereocenters. The van der Waals surface area contributed by atoms with E-state index in [-0.39, 0.29) is 6.61 Å². The summed E-state index contributed by atoms with van der Waals surface area (Å²) in [5, 5.41) is 0. The van der Waals surface area contributed by atoms with Gasteiger partial charge in [-0.3, -0.25) is 4.98 Å². The normalized spacial score (nSPS) is 12.0. The minimum absolute atomic E-state index is 0.0474. The Balaban J connectivity index is 1.71. The van der Waals surface area contributed by atoms with E-state index in [1.807, 2.05) is 36.4 Å². The molecule has 1 heterocycles. The van der Waals surface area contributed by atoms with Crippen molar-refractivity contribution in [2.75, 3.05) is 13.2 Å². The van der Waals surface area contributed by atoms with Crippen LogP contribution in [0.15, 0.2) is 42.6 Å². The molecular weight excluding hydrogens is 341 g/mol. The highest BCUT2D eigenvalue weighted by molar-refractivity contribution is 5.60. The van der Waals surface area contributed by atoms with Crippen LogP contribution in [-0.2, 0) is 0 Å². The summed E-state index contributed by atoms with van der Waals surface area (Å²) in [6.45, 7) is 4.53. The summed E-state index contributed by atoms with van der Waals surface area (Å²) >= 11 is 0. The number of nitrogens with zero attached hydrogens (tertiary/aromatic N) is 1. The van der Waals surface area contributed by atoms with E-state index in [0.717, 1.165) is 30.0 Å². The molecule has 0 amide bonds. The summed E-state index contributed by atoms with van der Waals surface area (Å²) in [6.07, 6.45) is 9.63. The van der Waals surface area contributed by atoms with Gasteiger partial charge in [-0.2, -0.15) is 0 Å². The number of alkyl halides is 1. The van der Waals surface area contributed by atoms with Crippen LogP contribution in [0.5, 0.6) is 11.5 Å². The van der Waals surface area contributed by atoms with Crippen LogP contribution in [0.4, 0.5) is 4.39 Å². The smallest absolute Gasteiger partial charge is 0.137 e. The van der Waals surface area contributed by atoms with Gasteiger partial charge in [-0.1, -0.05) is 45.4 Å². The van der Waals surface area contributed by atoms with Gasteiger partial charge in [0.25, 0.3) is 0 Å². The number of unbranched alkanes of at least 4 members (excludes halogenated alkanes) is 6. The molecule has 27 heavy (non-hydrogen) atoms. The Morgan fingerprint density at radius 1 is 0.852 bits per heavy atom. The zero-order valence-electron chi connectivity index (χ0n) is 16.6. The van der Waals surface area contributed by atoms with Crippen molar-refractivity contribution in [3.05, 3.63) is 42.6 Å². The number of hydrogen-bond acceptors (Lipinski definition) is 3. The second-order valence-corrected chi connectivity index (χ2v) is 6.97. The Morgan fingerprint density at radius 2 is 1.52 bits per heavy atom. The van der Waals surface area contributed by atoms with Crippen molar-refractivity contribution >= 4 is 0 Å². The summed E-state index contributed by atoms with van der Waals surface area (Å²) in [7, 11) is 0. The lowest BCUT2D eigenvalue weighted by Gasteiger charge is -2.09. The lowest BCUT2D eigenvalue weighted by molar-refractivity contribution is 0.209. The number of benzene rings is 1. The van der Waals surface area contributed by atoms with Gasteiger partial charge in [-0.05, 0) is 49.7 Å². The van der Waals surface area contributed by atoms with Crippen LogP contribution in [0.2, 0.25) is 0 Å². The molecule has 0 saturated carbocycles. The van der Waals surface area contributed by atoms with Gasteiger partial charge in [0.1, 0.15) is 24.3 Å². The third-order valence-electron chi connectivity index (χ3n) is 4.38. The molecule has 0 radical (unpaired) electrons. The largest absolute Gasteiger partial charge is 0.494 e. The molecule has 0 fully saturated rings. The van der Waals surface area contributed by atoms with Crippen molar-refractivity contribution in [3.8, 4) is 22.8 Å². The maximum atomic E-state index is 12.8. The number of aromatic nitrogens is 1. The monoisotopic (exact) mass is 373 g/mol. The van der Waals surface area contributed by atoms with E-state index in [0.29, 0.717) is 5.75 Å². The SMILES string of the molecule is CCCCCCCCCOc1ccc(-c2ccc(OCC(C)F)cn2)cc1. The third-order valence-corrected chi connectivity index (χ3v) is 4.38. The molecule has 2 aromatic rings. The number of ether oxygens (including phenoxy) is 2. The number of rotatable bonds is 13. The Labute approximate surface area is 162 Å². The van der Waals surface area contributed by atoms with Gasteiger partial charge < -0.3 is 9.47 Å². The fourth-order valence-electron chi connectivity index (χ4n) is 2.82. The van der Waals surface area contributed by atoms with Crippen LogP contribution in [0.1, 0.15) is 58.8 Å². The Kier molecular flexibility index (Phi) is 9.67. The van der Waals surface area contributed by atoms with Crippen molar-refractivity contribution in [3.63, 3.8) is 0 Å². The van der Waals surface area contributed by atoms with Crippen molar-refractivity contribution < 1.29 is 13.9 Å². The molecule has 0 aliphatic carbocycles. The summed E-state index contributed by atoms with van der Waals surface area (Å²) in [6, 6.07) is 11.7. The Hall–Kier alpha value is -2.10.